The smallest absolute Gasteiger partial charge is 0.0996 e. The molecule has 4 nitrogen and oxygen atoms in total. The number of para-hydroxylation sites is 1. The summed E-state index contributed by atoms with van der Waals surface area (Å²) in [5, 5.41) is 11.7. The average molecular weight is 279 g/mol. The summed E-state index contributed by atoms with van der Waals surface area (Å²) in [4.78, 5) is 8.57. The summed E-state index contributed by atoms with van der Waals surface area (Å²) in [5.74, 6) is 0. The Labute approximate surface area is 123 Å². The number of fused-ring (bicyclic) bond motifs is 1. The van der Waals surface area contributed by atoms with Crippen LogP contribution in [0.4, 0.5) is 0 Å². The van der Waals surface area contributed by atoms with Crippen molar-refractivity contribution in [3.8, 4) is 0 Å². The fourth-order valence-electron chi connectivity index (χ4n) is 2.88. The van der Waals surface area contributed by atoms with Gasteiger partial charge >= 0.3 is 0 Å². The van der Waals surface area contributed by atoms with E-state index in [1.54, 1.807) is 6.20 Å². The van der Waals surface area contributed by atoms with Gasteiger partial charge in [-0.25, -0.2) is 4.98 Å². The molecule has 1 aliphatic rings. The first kappa shape index (κ1) is 12.5. The number of pyridine rings is 1. The Morgan fingerprint density at radius 1 is 1.24 bits per heavy atom. The summed E-state index contributed by atoms with van der Waals surface area (Å²) in [6, 6.07) is 10.6. The molecule has 0 saturated heterocycles. The molecule has 1 aliphatic carbocycles. The molecule has 2 aromatic heterocycles. The maximum atomic E-state index is 10.6. The van der Waals surface area contributed by atoms with E-state index in [0.29, 0.717) is 12.5 Å². The summed E-state index contributed by atoms with van der Waals surface area (Å²) < 4.78 is 2.12. The Kier molecular flexibility index (Phi) is 2.97. The molecule has 0 aliphatic heterocycles. The van der Waals surface area contributed by atoms with Gasteiger partial charge in [0.2, 0.25) is 0 Å². The molecule has 1 fully saturated rings. The monoisotopic (exact) mass is 279 g/mol. The summed E-state index contributed by atoms with van der Waals surface area (Å²) in [5.41, 5.74) is 3.01. The van der Waals surface area contributed by atoms with Crippen LogP contribution < -0.4 is 0 Å². The van der Waals surface area contributed by atoms with Crippen LogP contribution in [0.2, 0.25) is 0 Å². The van der Waals surface area contributed by atoms with Gasteiger partial charge in [-0.2, -0.15) is 0 Å². The van der Waals surface area contributed by atoms with Crippen LogP contribution in [0.1, 0.15) is 36.2 Å². The van der Waals surface area contributed by atoms with Crippen molar-refractivity contribution < 1.29 is 5.11 Å². The van der Waals surface area contributed by atoms with Crippen LogP contribution in [-0.2, 0) is 6.42 Å². The third-order valence-electron chi connectivity index (χ3n) is 4.13. The van der Waals surface area contributed by atoms with Crippen molar-refractivity contribution in [3.05, 3.63) is 60.3 Å². The van der Waals surface area contributed by atoms with Gasteiger partial charge in [0.05, 0.1) is 29.8 Å². The van der Waals surface area contributed by atoms with Gasteiger partial charge in [-0.15, -0.1) is 0 Å². The lowest BCUT2D eigenvalue weighted by Crippen LogP contribution is -2.08. The second kappa shape index (κ2) is 4.97. The van der Waals surface area contributed by atoms with E-state index in [0.717, 1.165) is 22.2 Å². The lowest BCUT2D eigenvalue weighted by atomic mass is 10.0. The standard InChI is InChI=1S/C17H17N3O/c21-17(16-10-18-11-20(16)13-5-6-13)9-12-7-8-19-15-4-2-1-3-14(12)15/h1-4,7-8,10-11,13,17,21H,5-6,9H2. The third-order valence-corrected chi connectivity index (χ3v) is 4.13. The lowest BCUT2D eigenvalue weighted by molar-refractivity contribution is 0.169. The van der Waals surface area contributed by atoms with Crippen LogP contribution >= 0.6 is 0 Å². The molecule has 1 aromatic carbocycles. The van der Waals surface area contributed by atoms with Crippen molar-refractivity contribution >= 4 is 10.9 Å². The zero-order chi connectivity index (χ0) is 14.2. The molecular formula is C17H17N3O. The molecule has 1 saturated carbocycles. The van der Waals surface area contributed by atoms with Crippen LogP contribution in [-0.4, -0.2) is 19.6 Å². The number of nitrogens with zero attached hydrogens (tertiary/aromatic N) is 3. The van der Waals surface area contributed by atoms with Crippen molar-refractivity contribution in [1.29, 1.82) is 0 Å². The van der Waals surface area contributed by atoms with Crippen molar-refractivity contribution in [1.82, 2.24) is 14.5 Å². The molecule has 1 N–H and O–H groups in total. The highest BCUT2D eigenvalue weighted by molar-refractivity contribution is 5.81. The van der Waals surface area contributed by atoms with Crippen LogP contribution in [0.15, 0.2) is 49.1 Å². The highest BCUT2D eigenvalue weighted by Gasteiger charge is 2.27. The Balaban J connectivity index is 1.66. The molecule has 0 bridgehead atoms. The SMILES string of the molecule is OC(Cc1ccnc2ccccc12)c1cncn1C1CC1. The molecule has 4 heteroatoms. The molecule has 0 radical (unpaired) electrons. The Morgan fingerprint density at radius 3 is 2.95 bits per heavy atom. The van der Waals surface area contributed by atoms with E-state index in [-0.39, 0.29) is 0 Å². The molecular weight excluding hydrogens is 262 g/mol. The van der Waals surface area contributed by atoms with E-state index < -0.39 is 6.10 Å². The van der Waals surface area contributed by atoms with Crippen molar-refractivity contribution in [2.75, 3.05) is 0 Å². The predicted molar refractivity (Wildman–Crippen MR) is 80.9 cm³/mol. The van der Waals surface area contributed by atoms with Crippen molar-refractivity contribution in [2.24, 2.45) is 0 Å². The van der Waals surface area contributed by atoms with Crippen LogP contribution in [0.5, 0.6) is 0 Å². The van der Waals surface area contributed by atoms with Gasteiger partial charge in [0.25, 0.3) is 0 Å². The van der Waals surface area contributed by atoms with E-state index in [9.17, 15) is 5.11 Å². The fourth-order valence-corrected chi connectivity index (χ4v) is 2.88. The molecule has 0 amide bonds. The highest BCUT2D eigenvalue weighted by atomic mass is 16.3. The van der Waals surface area contributed by atoms with Crippen LogP contribution in [0, 0.1) is 0 Å². The van der Waals surface area contributed by atoms with Crippen LogP contribution in [0.3, 0.4) is 0 Å². The molecule has 1 unspecified atom stereocenters. The number of rotatable bonds is 4. The maximum absolute atomic E-state index is 10.6. The largest absolute Gasteiger partial charge is 0.386 e. The van der Waals surface area contributed by atoms with Gasteiger partial charge in [-0.3, -0.25) is 4.98 Å². The molecule has 0 spiro atoms. The first-order valence-electron chi connectivity index (χ1n) is 7.35. The van der Waals surface area contributed by atoms with E-state index >= 15 is 0 Å². The number of aromatic nitrogens is 3. The fraction of sp³-hybridized carbons (Fsp3) is 0.294. The number of aliphatic hydroxyl groups excluding tert-OH is 1. The second-order valence-corrected chi connectivity index (χ2v) is 5.66. The normalized spacial score (nSPS) is 16.2. The predicted octanol–water partition coefficient (Wildman–Crippen LogP) is 3.04. The van der Waals surface area contributed by atoms with Gasteiger partial charge in [-0.1, -0.05) is 18.2 Å². The first-order valence-corrected chi connectivity index (χ1v) is 7.35. The molecule has 4 rings (SSSR count). The minimum absolute atomic E-state index is 0.529. The van der Waals surface area contributed by atoms with E-state index in [1.165, 1.54) is 12.8 Å². The summed E-state index contributed by atoms with van der Waals surface area (Å²) in [6.45, 7) is 0. The quantitative estimate of drug-likeness (QED) is 0.798. The molecule has 21 heavy (non-hydrogen) atoms. The Morgan fingerprint density at radius 2 is 2.10 bits per heavy atom. The van der Waals surface area contributed by atoms with Crippen LogP contribution in [0.25, 0.3) is 10.9 Å². The third kappa shape index (κ3) is 2.32. The lowest BCUT2D eigenvalue weighted by Gasteiger charge is -2.14. The van der Waals surface area contributed by atoms with Gasteiger partial charge in [0.15, 0.2) is 0 Å². The second-order valence-electron chi connectivity index (χ2n) is 5.66. The number of imidazole rings is 1. The van der Waals surface area contributed by atoms with Gasteiger partial charge in [0.1, 0.15) is 0 Å². The van der Waals surface area contributed by atoms with Crippen molar-refractivity contribution in [2.45, 2.75) is 31.4 Å². The Bertz CT molecular complexity index is 771. The highest BCUT2D eigenvalue weighted by Crippen LogP contribution is 2.37. The number of benzene rings is 1. The molecule has 1 atom stereocenters. The average Bonchev–Trinajstić information content (AvgIpc) is 3.24. The van der Waals surface area contributed by atoms with Gasteiger partial charge in [-0.05, 0) is 30.5 Å². The molecule has 3 aromatic rings. The molecule has 106 valence electrons. The summed E-state index contributed by atoms with van der Waals surface area (Å²) in [7, 11) is 0. The zero-order valence-corrected chi connectivity index (χ0v) is 11.7. The minimum atomic E-state index is -0.529. The van der Waals surface area contributed by atoms with E-state index in [1.807, 2.05) is 36.8 Å². The molecule has 2 heterocycles. The topological polar surface area (TPSA) is 50.9 Å². The Hall–Kier alpha value is -2.20. The summed E-state index contributed by atoms with van der Waals surface area (Å²) in [6.07, 6.45) is 7.86. The zero-order valence-electron chi connectivity index (χ0n) is 11.7. The van der Waals surface area contributed by atoms with E-state index in [4.69, 9.17) is 0 Å². The van der Waals surface area contributed by atoms with Crippen molar-refractivity contribution in [3.63, 3.8) is 0 Å². The number of aliphatic hydroxyl groups is 1. The maximum Gasteiger partial charge on any atom is 0.0996 e. The summed E-state index contributed by atoms with van der Waals surface area (Å²) >= 11 is 0. The number of hydrogen-bond donors (Lipinski definition) is 1. The first-order chi connectivity index (χ1) is 10.3. The van der Waals surface area contributed by atoms with Gasteiger partial charge < -0.3 is 9.67 Å². The van der Waals surface area contributed by atoms with E-state index in [2.05, 4.69) is 20.6 Å². The number of hydrogen-bond acceptors (Lipinski definition) is 3. The minimum Gasteiger partial charge on any atom is -0.386 e. The van der Waals surface area contributed by atoms with Gasteiger partial charge in [0, 0.05) is 24.0 Å².